The zero-order valence-corrected chi connectivity index (χ0v) is 23.1. The molecular weight excluding hydrogens is 494 g/mol. The quantitative estimate of drug-likeness (QED) is 0.268. The molecule has 0 saturated carbocycles. The van der Waals surface area contributed by atoms with E-state index < -0.39 is 29.4 Å². The minimum absolute atomic E-state index is 0.124. The van der Waals surface area contributed by atoms with Crippen LogP contribution < -0.4 is 4.74 Å². The molecule has 4 unspecified atom stereocenters. The smallest absolute Gasteiger partial charge is 0.420 e. The number of rotatable bonds is 12. The molecule has 8 heteroatoms. The normalized spacial score (nSPS) is 20.8. The molecule has 1 aliphatic rings. The number of phenolic OH excluding ortho intramolecular Hbond substituents is 1. The van der Waals surface area contributed by atoms with Crippen molar-refractivity contribution in [2.45, 2.75) is 130 Å². The van der Waals surface area contributed by atoms with Gasteiger partial charge in [-0.15, -0.1) is 0 Å². The molecule has 0 amide bonds. The van der Waals surface area contributed by atoms with Crippen LogP contribution in [0.15, 0.2) is 0 Å². The molecule has 37 heavy (non-hydrogen) atoms. The SMILES string of the molecule is Cc1c(O)c(C)c(C(F)(F)F)c2c1CCC(C)(CCCC(C)CCCC(C)CCCC(C)C(F)(F)F)O2. The van der Waals surface area contributed by atoms with Crippen molar-refractivity contribution < 1.29 is 36.2 Å². The average molecular weight is 539 g/mol. The summed E-state index contributed by atoms with van der Waals surface area (Å²) < 4.78 is 85.5. The molecule has 1 aromatic carbocycles. The van der Waals surface area contributed by atoms with Gasteiger partial charge in [-0.3, -0.25) is 0 Å². The lowest BCUT2D eigenvalue weighted by Gasteiger charge is -2.38. The van der Waals surface area contributed by atoms with E-state index >= 15 is 0 Å². The van der Waals surface area contributed by atoms with Gasteiger partial charge in [-0.05, 0) is 70.3 Å². The van der Waals surface area contributed by atoms with Crippen molar-refractivity contribution in [3.8, 4) is 11.5 Å². The lowest BCUT2D eigenvalue weighted by atomic mass is 9.83. The number of hydrogen-bond donors (Lipinski definition) is 1. The molecule has 2 nitrogen and oxygen atoms in total. The third-order valence-corrected chi connectivity index (χ3v) is 8.26. The van der Waals surface area contributed by atoms with Crippen LogP contribution in [-0.2, 0) is 12.6 Å². The van der Waals surface area contributed by atoms with Gasteiger partial charge in [0.1, 0.15) is 22.7 Å². The summed E-state index contributed by atoms with van der Waals surface area (Å²) in [4.78, 5) is 0. The van der Waals surface area contributed by atoms with Crippen molar-refractivity contribution in [2.75, 3.05) is 0 Å². The highest BCUT2D eigenvalue weighted by atomic mass is 19.4. The van der Waals surface area contributed by atoms with Gasteiger partial charge >= 0.3 is 12.4 Å². The minimum Gasteiger partial charge on any atom is -0.507 e. The van der Waals surface area contributed by atoms with Crippen LogP contribution in [0, 0.1) is 31.6 Å². The van der Waals surface area contributed by atoms with Crippen molar-refractivity contribution >= 4 is 0 Å². The molecule has 2 rings (SSSR count). The van der Waals surface area contributed by atoms with E-state index in [-0.39, 0.29) is 23.5 Å². The van der Waals surface area contributed by atoms with Crippen LogP contribution in [0.25, 0.3) is 0 Å². The average Bonchev–Trinajstić information content (AvgIpc) is 2.75. The van der Waals surface area contributed by atoms with Gasteiger partial charge in [0.15, 0.2) is 0 Å². The summed E-state index contributed by atoms with van der Waals surface area (Å²) in [6.07, 6.45) is -0.620. The highest BCUT2D eigenvalue weighted by Gasteiger charge is 2.43. The highest BCUT2D eigenvalue weighted by Crippen LogP contribution is 2.50. The Morgan fingerprint density at radius 3 is 1.86 bits per heavy atom. The van der Waals surface area contributed by atoms with Crippen molar-refractivity contribution in [3.05, 3.63) is 22.3 Å². The second kappa shape index (κ2) is 12.5. The summed E-state index contributed by atoms with van der Waals surface area (Å²) in [6.45, 7) is 10.3. The first-order valence-corrected chi connectivity index (χ1v) is 13.6. The van der Waals surface area contributed by atoms with Gasteiger partial charge in [-0.25, -0.2) is 0 Å². The summed E-state index contributed by atoms with van der Waals surface area (Å²) in [5.74, 6) is -0.818. The molecule has 0 bridgehead atoms. The van der Waals surface area contributed by atoms with Gasteiger partial charge in [0.05, 0.1) is 5.92 Å². The summed E-state index contributed by atoms with van der Waals surface area (Å²) >= 11 is 0. The van der Waals surface area contributed by atoms with Gasteiger partial charge in [0.25, 0.3) is 0 Å². The Hall–Kier alpha value is -1.60. The Morgan fingerprint density at radius 1 is 0.838 bits per heavy atom. The fraction of sp³-hybridized carbons (Fsp3) is 0.793. The molecular formula is C29H44F6O2. The lowest BCUT2D eigenvalue weighted by Crippen LogP contribution is -2.38. The number of benzene rings is 1. The molecule has 4 atom stereocenters. The maximum absolute atomic E-state index is 13.8. The van der Waals surface area contributed by atoms with Crippen molar-refractivity contribution in [1.29, 1.82) is 0 Å². The van der Waals surface area contributed by atoms with E-state index in [2.05, 4.69) is 13.8 Å². The largest absolute Gasteiger partial charge is 0.507 e. The van der Waals surface area contributed by atoms with Gasteiger partial charge < -0.3 is 9.84 Å². The Kier molecular flexibility index (Phi) is 10.7. The Balaban J connectivity index is 1.81. The van der Waals surface area contributed by atoms with Crippen LogP contribution in [0.1, 0.15) is 114 Å². The van der Waals surface area contributed by atoms with E-state index in [9.17, 15) is 31.4 Å². The Morgan fingerprint density at radius 2 is 1.35 bits per heavy atom. The fourth-order valence-electron chi connectivity index (χ4n) is 5.52. The number of hydrogen-bond acceptors (Lipinski definition) is 2. The second-order valence-electron chi connectivity index (χ2n) is 11.7. The molecule has 214 valence electrons. The molecule has 0 aliphatic carbocycles. The number of alkyl halides is 6. The summed E-state index contributed by atoms with van der Waals surface area (Å²) in [5.41, 5.74) is -0.842. The van der Waals surface area contributed by atoms with E-state index in [0.717, 1.165) is 38.5 Å². The van der Waals surface area contributed by atoms with Crippen LogP contribution in [0.5, 0.6) is 11.5 Å². The van der Waals surface area contributed by atoms with E-state index in [4.69, 9.17) is 4.74 Å². The van der Waals surface area contributed by atoms with Crippen molar-refractivity contribution in [3.63, 3.8) is 0 Å². The van der Waals surface area contributed by atoms with Crippen LogP contribution in [-0.4, -0.2) is 16.9 Å². The molecule has 1 aliphatic heterocycles. The van der Waals surface area contributed by atoms with Crippen LogP contribution in [0.3, 0.4) is 0 Å². The van der Waals surface area contributed by atoms with E-state index in [1.807, 2.05) is 6.92 Å². The predicted molar refractivity (Wildman–Crippen MR) is 135 cm³/mol. The standard InChI is InChI=1S/C29H44F6O2/c1-18(12-8-14-20(3)28(30,31)32)10-7-11-19(2)13-9-16-27(6)17-15-23-21(4)25(36)22(5)24(26(23)37-27)29(33,34)35/h18-20,36H,7-17H2,1-6H3. The number of fused-ring (bicyclic) bond motifs is 1. The molecule has 0 spiro atoms. The van der Waals surface area contributed by atoms with Crippen LogP contribution >= 0.6 is 0 Å². The van der Waals surface area contributed by atoms with Gasteiger partial charge in [-0.2, -0.15) is 26.3 Å². The molecule has 1 N–H and O–H groups in total. The topological polar surface area (TPSA) is 29.5 Å². The lowest BCUT2D eigenvalue weighted by molar-refractivity contribution is -0.171. The summed E-state index contributed by atoms with van der Waals surface area (Å²) in [6, 6.07) is 0. The van der Waals surface area contributed by atoms with Crippen LogP contribution in [0.2, 0.25) is 0 Å². The zero-order valence-electron chi connectivity index (χ0n) is 23.1. The number of aromatic hydroxyl groups is 1. The number of phenols is 1. The first-order valence-electron chi connectivity index (χ1n) is 13.6. The first kappa shape index (κ1) is 31.6. The Bertz CT molecular complexity index is 892. The van der Waals surface area contributed by atoms with Crippen molar-refractivity contribution in [2.24, 2.45) is 17.8 Å². The number of ether oxygens (including phenoxy) is 1. The maximum Gasteiger partial charge on any atom is 0.420 e. The summed E-state index contributed by atoms with van der Waals surface area (Å²) in [7, 11) is 0. The van der Waals surface area contributed by atoms with Gasteiger partial charge in [0.2, 0.25) is 0 Å². The highest BCUT2D eigenvalue weighted by molar-refractivity contribution is 5.59. The molecule has 1 aromatic rings. The van der Waals surface area contributed by atoms with E-state index in [0.29, 0.717) is 48.6 Å². The van der Waals surface area contributed by atoms with Gasteiger partial charge in [0, 0.05) is 11.1 Å². The third-order valence-electron chi connectivity index (χ3n) is 8.26. The summed E-state index contributed by atoms with van der Waals surface area (Å²) in [5, 5.41) is 10.2. The second-order valence-corrected chi connectivity index (χ2v) is 11.7. The molecule has 0 radical (unpaired) electrons. The fourth-order valence-corrected chi connectivity index (χ4v) is 5.52. The zero-order chi connectivity index (χ0) is 28.2. The molecule has 0 fully saturated rings. The molecule has 0 saturated heterocycles. The maximum atomic E-state index is 13.8. The monoisotopic (exact) mass is 538 g/mol. The van der Waals surface area contributed by atoms with E-state index in [1.54, 1.807) is 6.92 Å². The third kappa shape index (κ3) is 8.71. The van der Waals surface area contributed by atoms with Crippen molar-refractivity contribution in [1.82, 2.24) is 0 Å². The molecule has 0 aromatic heterocycles. The van der Waals surface area contributed by atoms with E-state index in [1.165, 1.54) is 13.8 Å². The van der Waals surface area contributed by atoms with Crippen LogP contribution in [0.4, 0.5) is 26.3 Å². The van der Waals surface area contributed by atoms with Gasteiger partial charge in [-0.1, -0.05) is 59.3 Å². The first-order chi connectivity index (χ1) is 17.0. The predicted octanol–water partition coefficient (Wildman–Crippen LogP) is 10.1. The minimum atomic E-state index is -4.61. The number of halogens is 6. The molecule has 1 heterocycles. The Labute approximate surface area is 218 Å².